The number of H-pyrrole nitrogens is 2. The number of carbonyl (C=O) groups is 1. The van der Waals surface area contributed by atoms with E-state index in [9.17, 15) is 9.59 Å². The maximum atomic E-state index is 12.3. The third-order valence-electron chi connectivity index (χ3n) is 5.18. The maximum Gasteiger partial charge on any atom is 0.341 e. The lowest BCUT2D eigenvalue weighted by molar-refractivity contribution is 0.0113. The van der Waals surface area contributed by atoms with E-state index < -0.39 is 5.69 Å². The quantitative estimate of drug-likeness (QED) is 0.714. The molecule has 4 heterocycles. The van der Waals surface area contributed by atoms with Crippen LogP contribution in [-0.4, -0.2) is 55.3 Å². The average molecular weight is 331 g/mol. The molecule has 2 unspecified atom stereocenters. The van der Waals surface area contributed by atoms with Crippen molar-refractivity contribution in [3.8, 4) is 0 Å². The number of carbonyl (C=O) groups excluding carboxylic acids is 1. The molecule has 4 aliphatic rings. The van der Waals surface area contributed by atoms with Crippen molar-refractivity contribution in [2.45, 2.75) is 31.2 Å². The highest BCUT2D eigenvalue weighted by molar-refractivity contribution is 5.90. The van der Waals surface area contributed by atoms with Crippen molar-refractivity contribution in [3.63, 3.8) is 0 Å². The minimum absolute atomic E-state index is 0.0665. The van der Waals surface area contributed by atoms with Gasteiger partial charge < -0.3 is 14.6 Å². The summed E-state index contributed by atoms with van der Waals surface area (Å²) in [6, 6.07) is 0.729. The van der Waals surface area contributed by atoms with E-state index in [-0.39, 0.29) is 17.8 Å². The summed E-state index contributed by atoms with van der Waals surface area (Å²) in [7, 11) is 0. The molecule has 0 radical (unpaired) electrons. The number of aromatic amines is 2. The molecule has 0 spiro atoms. The Hall–Kier alpha value is -2.65. The number of amides is 1. The van der Waals surface area contributed by atoms with Crippen LogP contribution in [0.4, 0.5) is 6.01 Å². The van der Waals surface area contributed by atoms with E-state index in [0.717, 1.165) is 25.2 Å². The van der Waals surface area contributed by atoms with E-state index >= 15 is 0 Å². The average Bonchev–Trinajstić information content (AvgIpc) is 3.18. The van der Waals surface area contributed by atoms with Gasteiger partial charge in [-0.05, 0) is 31.1 Å². The molecule has 126 valence electrons. The molecular formula is C14H17N7O3. The van der Waals surface area contributed by atoms with Crippen LogP contribution in [-0.2, 0) is 0 Å². The first-order valence-electron chi connectivity index (χ1n) is 8.21. The van der Waals surface area contributed by atoms with E-state index in [4.69, 9.17) is 4.42 Å². The Morgan fingerprint density at radius 1 is 1.25 bits per heavy atom. The van der Waals surface area contributed by atoms with Gasteiger partial charge in [-0.15, -0.1) is 10.2 Å². The van der Waals surface area contributed by atoms with Crippen molar-refractivity contribution in [3.05, 3.63) is 22.2 Å². The van der Waals surface area contributed by atoms with Gasteiger partial charge in [-0.2, -0.15) is 0 Å². The normalized spacial score (nSPS) is 28.5. The summed E-state index contributed by atoms with van der Waals surface area (Å²) in [5.41, 5.74) is -0.470. The van der Waals surface area contributed by atoms with E-state index in [1.807, 2.05) is 0 Å². The topological polar surface area (TPSA) is 133 Å². The van der Waals surface area contributed by atoms with Crippen molar-refractivity contribution >= 4 is 11.9 Å². The van der Waals surface area contributed by atoms with Gasteiger partial charge in [-0.25, -0.2) is 9.89 Å². The highest BCUT2D eigenvalue weighted by Crippen LogP contribution is 2.43. The van der Waals surface area contributed by atoms with Gasteiger partial charge in [-0.3, -0.25) is 9.78 Å². The second kappa shape index (κ2) is 4.92. The molecule has 0 aromatic carbocycles. The van der Waals surface area contributed by atoms with Crippen molar-refractivity contribution in [1.29, 1.82) is 0 Å². The van der Waals surface area contributed by atoms with Gasteiger partial charge in [0.15, 0.2) is 0 Å². The first-order valence-corrected chi connectivity index (χ1v) is 8.21. The van der Waals surface area contributed by atoms with Crippen LogP contribution in [0.5, 0.6) is 0 Å². The molecule has 10 nitrogen and oxygen atoms in total. The van der Waals surface area contributed by atoms with Crippen LogP contribution in [0.25, 0.3) is 0 Å². The van der Waals surface area contributed by atoms with E-state index in [0.29, 0.717) is 36.9 Å². The fourth-order valence-electron chi connectivity index (χ4n) is 3.74. The first kappa shape index (κ1) is 13.8. The summed E-state index contributed by atoms with van der Waals surface area (Å²) >= 11 is 0. The molecule has 2 aromatic rings. The van der Waals surface area contributed by atoms with Gasteiger partial charge in [0.2, 0.25) is 11.7 Å². The molecule has 3 N–H and O–H groups in total. The molecule has 2 bridgehead atoms. The van der Waals surface area contributed by atoms with Crippen LogP contribution in [0.15, 0.2) is 9.21 Å². The Kier molecular flexibility index (Phi) is 2.82. The van der Waals surface area contributed by atoms with Crippen LogP contribution >= 0.6 is 0 Å². The number of anilines is 1. The second-order valence-electron chi connectivity index (χ2n) is 6.88. The molecule has 6 rings (SSSR count). The van der Waals surface area contributed by atoms with Gasteiger partial charge >= 0.3 is 11.7 Å². The standard InChI is InChI=1S/C14H17N7O3/c22-12(10-16-13(23)19-17-10)21-4-7-3-8(5-21)9(7)15-14-20-18-11(24-14)6-1-2-6/h6-9H,1-5H2,(H,15,20)(H2,16,17,19,23). The van der Waals surface area contributed by atoms with E-state index in [2.05, 4.69) is 30.7 Å². The fraction of sp³-hybridized carbons (Fsp3) is 0.643. The molecule has 1 amide bonds. The first-order chi connectivity index (χ1) is 11.7. The summed E-state index contributed by atoms with van der Waals surface area (Å²) in [4.78, 5) is 27.6. The number of nitrogens with zero attached hydrogens (tertiary/aromatic N) is 4. The number of piperidine rings is 2. The molecule has 2 saturated heterocycles. The van der Waals surface area contributed by atoms with Crippen molar-refractivity contribution < 1.29 is 9.21 Å². The monoisotopic (exact) mass is 331 g/mol. The Balaban J connectivity index is 1.23. The van der Waals surface area contributed by atoms with Gasteiger partial charge in [0.1, 0.15) is 0 Å². The lowest BCUT2D eigenvalue weighted by Gasteiger charge is -2.53. The van der Waals surface area contributed by atoms with Crippen LogP contribution in [0.2, 0.25) is 0 Å². The SMILES string of the molecule is O=C(c1n[nH]c(=O)[nH]1)N1CC2CC(C1)C2Nc1nnc(C2CC2)o1. The lowest BCUT2D eigenvalue weighted by atomic mass is 9.66. The summed E-state index contributed by atoms with van der Waals surface area (Å²) in [5, 5.41) is 17.4. The third kappa shape index (κ3) is 2.21. The lowest BCUT2D eigenvalue weighted by Crippen LogP contribution is -2.62. The zero-order valence-electron chi connectivity index (χ0n) is 12.9. The van der Waals surface area contributed by atoms with Gasteiger partial charge in [0.25, 0.3) is 5.91 Å². The predicted octanol–water partition coefficient (Wildman–Crippen LogP) is -0.0690. The van der Waals surface area contributed by atoms with E-state index in [1.54, 1.807) is 4.90 Å². The number of hydrogen-bond acceptors (Lipinski definition) is 7. The smallest absolute Gasteiger partial charge is 0.341 e. The van der Waals surface area contributed by atoms with Crippen LogP contribution in [0.1, 0.15) is 41.7 Å². The largest absolute Gasteiger partial charge is 0.408 e. The summed E-state index contributed by atoms with van der Waals surface area (Å²) in [6.45, 7) is 1.26. The zero-order chi connectivity index (χ0) is 16.3. The summed E-state index contributed by atoms with van der Waals surface area (Å²) < 4.78 is 5.66. The van der Waals surface area contributed by atoms with Gasteiger partial charge in [0.05, 0.1) is 0 Å². The molecule has 2 saturated carbocycles. The molecule has 2 atom stereocenters. The van der Waals surface area contributed by atoms with Crippen LogP contribution in [0, 0.1) is 11.8 Å². The summed E-state index contributed by atoms with van der Waals surface area (Å²) in [6.07, 6.45) is 3.33. The second-order valence-corrected chi connectivity index (χ2v) is 6.88. The number of hydrogen-bond donors (Lipinski definition) is 3. The van der Waals surface area contributed by atoms with Gasteiger partial charge in [0, 0.05) is 25.0 Å². The van der Waals surface area contributed by atoms with Crippen molar-refractivity contribution in [2.75, 3.05) is 18.4 Å². The molecular weight excluding hydrogens is 314 g/mol. The highest BCUT2D eigenvalue weighted by Gasteiger charge is 2.49. The molecule has 10 heteroatoms. The highest BCUT2D eigenvalue weighted by atomic mass is 16.4. The fourth-order valence-corrected chi connectivity index (χ4v) is 3.74. The van der Waals surface area contributed by atoms with E-state index in [1.165, 1.54) is 0 Å². The van der Waals surface area contributed by atoms with Gasteiger partial charge in [-0.1, -0.05) is 5.10 Å². The molecule has 2 aliphatic carbocycles. The Morgan fingerprint density at radius 3 is 2.71 bits per heavy atom. The number of nitrogens with one attached hydrogen (secondary N) is 3. The molecule has 24 heavy (non-hydrogen) atoms. The predicted molar refractivity (Wildman–Crippen MR) is 80.4 cm³/mol. The summed E-state index contributed by atoms with van der Waals surface area (Å²) in [5.74, 6) is 1.68. The Labute approximate surface area is 136 Å². The zero-order valence-corrected chi connectivity index (χ0v) is 12.9. The minimum Gasteiger partial charge on any atom is -0.408 e. The number of aromatic nitrogens is 5. The van der Waals surface area contributed by atoms with Crippen molar-refractivity contribution in [2.24, 2.45) is 11.8 Å². The van der Waals surface area contributed by atoms with Crippen molar-refractivity contribution in [1.82, 2.24) is 30.3 Å². The Morgan fingerprint density at radius 2 is 2.04 bits per heavy atom. The molecule has 2 aromatic heterocycles. The Bertz CT molecular complexity index is 823. The van der Waals surface area contributed by atoms with Crippen LogP contribution in [0.3, 0.4) is 0 Å². The number of rotatable bonds is 4. The molecule has 4 fully saturated rings. The molecule has 2 aliphatic heterocycles. The maximum absolute atomic E-state index is 12.3. The third-order valence-corrected chi connectivity index (χ3v) is 5.18. The number of fused-ring (bicyclic) bond motifs is 2. The van der Waals surface area contributed by atoms with Crippen LogP contribution < -0.4 is 11.0 Å². The minimum atomic E-state index is -0.470.